The molecular formula is C16H20BrN3O. The van der Waals surface area contributed by atoms with Gasteiger partial charge in [-0.2, -0.15) is 0 Å². The fourth-order valence-electron chi connectivity index (χ4n) is 1.87. The van der Waals surface area contributed by atoms with Crippen LogP contribution in [0, 0.1) is 0 Å². The molecule has 0 aliphatic carbocycles. The van der Waals surface area contributed by atoms with E-state index in [1.807, 2.05) is 30.3 Å². The lowest BCUT2D eigenvalue weighted by atomic mass is 10.3. The first kappa shape index (κ1) is 15.8. The second-order valence-electron chi connectivity index (χ2n) is 4.63. The summed E-state index contributed by atoms with van der Waals surface area (Å²) in [5.74, 6) is 2.36. The van der Waals surface area contributed by atoms with Crippen LogP contribution in [-0.2, 0) is 13.0 Å². The molecule has 4 nitrogen and oxygen atoms in total. The zero-order chi connectivity index (χ0) is 15.1. The maximum Gasteiger partial charge on any atom is 0.168 e. The monoisotopic (exact) mass is 349 g/mol. The van der Waals surface area contributed by atoms with E-state index in [4.69, 9.17) is 4.74 Å². The number of anilines is 1. The first-order valence-electron chi connectivity index (χ1n) is 7.21. The highest BCUT2D eigenvalue weighted by Gasteiger charge is 2.11. The Kier molecular flexibility index (Phi) is 5.99. The van der Waals surface area contributed by atoms with Crippen molar-refractivity contribution >= 4 is 21.7 Å². The number of nitrogens with one attached hydrogen (secondary N) is 1. The molecule has 0 spiro atoms. The summed E-state index contributed by atoms with van der Waals surface area (Å²) < 4.78 is 6.67. The molecule has 0 saturated carbocycles. The van der Waals surface area contributed by atoms with Gasteiger partial charge in [-0.05, 0) is 40.9 Å². The van der Waals surface area contributed by atoms with Gasteiger partial charge in [-0.25, -0.2) is 9.97 Å². The zero-order valence-corrected chi connectivity index (χ0v) is 14.0. The maximum atomic E-state index is 5.72. The van der Waals surface area contributed by atoms with Gasteiger partial charge in [0.05, 0.1) is 10.2 Å². The van der Waals surface area contributed by atoms with Gasteiger partial charge >= 0.3 is 0 Å². The van der Waals surface area contributed by atoms with Crippen molar-refractivity contribution in [2.45, 2.75) is 33.3 Å². The molecule has 0 atom stereocenters. The summed E-state index contributed by atoms with van der Waals surface area (Å²) in [4.78, 5) is 9.09. The quantitative estimate of drug-likeness (QED) is 0.813. The Morgan fingerprint density at radius 3 is 2.57 bits per heavy atom. The number of para-hydroxylation sites is 1. The molecule has 0 aliphatic rings. The van der Waals surface area contributed by atoms with E-state index in [0.29, 0.717) is 12.4 Å². The van der Waals surface area contributed by atoms with E-state index >= 15 is 0 Å². The van der Waals surface area contributed by atoms with Crippen molar-refractivity contribution in [2.75, 3.05) is 11.9 Å². The Morgan fingerprint density at radius 2 is 1.90 bits per heavy atom. The molecule has 0 unspecified atom stereocenters. The van der Waals surface area contributed by atoms with Crippen molar-refractivity contribution in [1.29, 1.82) is 0 Å². The van der Waals surface area contributed by atoms with Crippen molar-refractivity contribution in [3.05, 3.63) is 46.3 Å². The van der Waals surface area contributed by atoms with Crippen LogP contribution in [0.2, 0.25) is 0 Å². The van der Waals surface area contributed by atoms with Gasteiger partial charge < -0.3 is 10.1 Å². The van der Waals surface area contributed by atoms with E-state index in [2.05, 4.69) is 45.1 Å². The Morgan fingerprint density at radius 1 is 1.14 bits per heavy atom. The summed E-state index contributed by atoms with van der Waals surface area (Å²) in [6.45, 7) is 5.46. The van der Waals surface area contributed by atoms with E-state index in [9.17, 15) is 0 Å². The Hall–Kier alpha value is -1.62. The second kappa shape index (κ2) is 7.98. The SMILES string of the molecule is CCCNc1nc(COc2ccccc2)nc(CC)c1Br. The van der Waals surface area contributed by atoms with E-state index < -0.39 is 0 Å². The number of hydrogen-bond donors (Lipinski definition) is 1. The number of benzene rings is 1. The molecular weight excluding hydrogens is 330 g/mol. The Labute approximate surface area is 134 Å². The number of nitrogens with zero attached hydrogens (tertiary/aromatic N) is 2. The van der Waals surface area contributed by atoms with Crippen molar-refractivity contribution in [3.8, 4) is 5.75 Å². The lowest BCUT2D eigenvalue weighted by Crippen LogP contribution is -2.10. The second-order valence-corrected chi connectivity index (χ2v) is 5.42. The largest absolute Gasteiger partial charge is 0.486 e. The number of halogens is 1. The van der Waals surface area contributed by atoms with Crippen LogP contribution in [0.4, 0.5) is 5.82 Å². The molecule has 0 fully saturated rings. The first-order valence-corrected chi connectivity index (χ1v) is 8.00. The van der Waals surface area contributed by atoms with Gasteiger partial charge in [0.1, 0.15) is 18.2 Å². The predicted molar refractivity (Wildman–Crippen MR) is 88.7 cm³/mol. The molecule has 1 N–H and O–H groups in total. The molecule has 1 aromatic heterocycles. The smallest absolute Gasteiger partial charge is 0.168 e. The summed E-state index contributed by atoms with van der Waals surface area (Å²) in [6, 6.07) is 9.71. The van der Waals surface area contributed by atoms with Gasteiger partial charge in [0, 0.05) is 6.54 Å². The van der Waals surface area contributed by atoms with E-state index in [1.54, 1.807) is 0 Å². The summed E-state index contributed by atoms with van der Waals surface area (Å²) in [7, 11) is 0. The summed E-state index contributed by atoms with van der Waals surface area (Å²) in [5.41, 5.74) is 0.996. The number of aryl methyl sites for hydroxylation is 1. The van der Waals surface area contributed by atoms with Crippen molar-refractivity contribution in [1.82, 2.24) is 9.97 Å². The first-order chi connectivity index (χ1) is 10.2. The van der Waals surface area contributed by atoms with E-state index in [1.165, 1.54) is 0 Å². The number of ether oxygens (including phenoxy) is 1. The van der Waals surface area contributed by atoms with E-state index in [-0.39, 0.29) is 0 Å². The van der Waals surface area contributed by atoms with Crippen molar-refractivity contribution in [3.63, 3.8) is 0 Å². The van der Waals surface area contributed by atoms with Crippen LogP contribution in [0.25, 0.3) is 0 Å². The van der Waals surface area contributed by atoms with Gasteiger partial charge in [0.2, 0.25) is 0 Å². The van der Waals surface area contributed by atoms with Crippen LogP contribution in [0.3, 0.4) is 0 Å². The molecule has 0 radical (unpaired) electrons. The molecule has 0 aliphatic heterocycles. The molecule has 5 heteroatoms. The topological polar surface area (TPSA) is 47.0 Å². The molecule has 0 amide bonds. The van der Waals surface area contributed by atoms with Crippen molar-refractivity contribution < 1.29 is 4.74 Å². The molecule has 112 valence electrons. The standard InChI is InChI=1S/C16H20BrN3O/c1-3-10-18-16-15(17)13(4-2)19-14(20-16)11-21-12-8-6-5-7-9-12/h5-9H,3-4,10-11H2,1-2H3,(H,18,19,20). The fraction of sp³-hybridized carbons (Fsp3) is 0.375. The minimum atomic E-state index is 0.366. The third-order valence-corrected chi connectivity index (χ3v) is 3.79. The Balaban J connectivity index is 2.14. The van der Waals surface area contributed by atoms with Crippen LogP contribution in [-0.4, -0.2) is 16.5 Å². The average molecular weight is 350 g/mol. The van der Waals surface area contributed by atoms with Gasteiger partial charge in [0.25, 0.3) is 0 Å². The minimum absolute atomic E-state index is 0.366. The van der Waals surface area contributed by atoms with Gasteiger partial charge in [-0.1, -0.05) is 32.0 Å². The number of hydrogen-bond acceptors (Lipinski definition) is 4. The maximum absolute atomic E-state index is 5.72. The molecule has 1 aromatic carbocycles. The van der Waals surface area contributed by atoms with Crippen LogP contribution >= 0.6 is 15.9 Å². The highest BCUT2D eigenvalue weighted by atomic mass is 79.9. The molecule has 0 saturated heterocycles. The third kappa shape index (κ3) is 4.43. The Bertz CT molecular complexity index is 575. The fourth-order valence-corrected chi connectivity index (χ4v) is 2.47. The average Bonchev–Trinajstić information content (AvgIpc) is 2.53. The number of rotatable bonds is 7. The van der Waals surface area contributed by atoms with Crippen LogP contribution in [0.5, 0.6) is 5.75 Å². The predicted octanol–water partition coefficient (Wildman–Crippen LogP) is 4.20. The highest BCUT2D eigenvalue weighted by molar-refractivity contribution is 9.10. The zero-order valence-electron chi connectivity index (χ0n) is 12.4. The minimum Gasteiger partial charge on any atom is -0.486 e. The normalized spacial score (nSPS) is 10.4. The summed E-state index contributed by atoms with van der Waals surface area (Å²) >= 11 is 3.57. The molecule has 2 aromatic rings. The lowest BCUT2D eigenvalue weighted by molar-refractivity contribution is 0.295. The van der Waals surface area contributed by atoms with Gasteiger partial charge in [0.15, 0.2) is 5.82 Å². The summed E-state index contributed by atoms with van der Waals surface area (Å²) in [6.07, 6.45) is 1.90. The molecule has 21 heavy (non-hydrogen) atoms. The van der Waals surface area contributed by atoms with Crippen LogP contribution < -0.4 is 10.1 Å². The highest BCUT2D eigenvalue weighted by Crippen LogP contribution is 2.24. The van der Waals surface area contributed by atoms with Crippen LogP contribution in [0.15, 0.2) is 34.8 Å². The lowest BCUT2D eigenvalue weighted by Gasteiger charge is -2.12. The molecule has 1 heterocycles. The van der Waals surface area contributed by atoms with Crippen molar-refractivity contribution in [2.24, 2.45) is 0 Å². The van der Waals surface area contributed by atoms with Gasteiger partial charge in [-0.15, -0.1) is 0 Å². The molecule has 2 rings (SSSR count). The number of aromatic nitrogens is 2. The molecule has 0 bridgehead atoms. The van der Waals surface area contributed by atoms with Crippen LogP contribution in [0.1, 0.15) is 31.8 Å². The third-order valence-electron chi connectivity index (χ3n) is 2.95. The van der Waals surface area contributed by atoms with E-state index in [0.717, 1.165) is 41.1 Å². The summed E-state index contributed by atoms with van der Waals surface area (Å²) in [5, 5.41) is 3.32. The van der Waals surface area contributed by atoms with Gasteiger partial charge in [-0.3, -0.25) is 0 Å².